The molecule has 90 valence electrons. The molecule has 0 unspecified atom stereocenters. The van der Waals surface area contributed by atoms with E-state index in [2.05, 4.69) is 32.0 Å². The lowest BCUT2D eigenvalue weighted by molar-refractivity contribution is 1.23. The van der Waals surface area contributed by atoms with Gasteiger partial charge in [-0.3, -0.25) is 0 Å². The first-order chi connectivity index (χ1) is 8.66. The molecule has 5 heteroatoms. The number of aryl methyl sites for hydroxylation is 1. The van der Waals surface area contributed by atoms with Crippen molar-refractivity contribution >= 4 is 49.8 Å². The Labute approximate surface area is 122 Å². The van der Waals surface area contributed by atoms with Gasteiger partial charge in [0.25, 0.3) is 0 Å². The monoisotopic (exact) mass is 338 g/mol. The minimum Gasteiger partial charge on any atom is -0.226 e. The summed E-state index contributed by atoms with van der Waals surface area (Å²) in [5, 5.41) is 3.39. The maximum absolute atomic E-state index is 6.24. The van der Waals surface area contributed by atoms with Crippen molar-refractivity contribution in [2.45, 2.75) is 6.92 Å². The van der Waals surface area contributed by atoms with Crippen LogP contribution in [0.2, 0.25) is 5.15 Å². The van der Waals surface area contributed by atoms with Crippen molar-refractivity contribution in [1.82, 2.24) is 9.97 Å². The highest BCUT2D eigenvalue weighted by atomic mass is 79.9. The van der Waals surface area contributed by atoms with Crippen molar-refractivity contribution in [3.8, 4) is 10.7 Å². The molecule has 0 bridgehead atoms. The molecule has 0 aliphatic heterocycles. The number of hydrogen-bond acceptors (Lipinski definition) is 3. The van der Waals surface area contributed by atoms with E-state index >= 15 is 0 Å². The third kappa shape index (κ3) is 1.94. The Kier molecular flexibility index (Phi) is 3.09. The summed E-state index contributed by atoms with van der Waals surface area (Å²) in [5.41, 5.74) is 2.02. The Bertz CT molecular complexity index is 739. The summed E-state index contributed by atoms with van der Waals surface area (Å²) in [6.07, 6.45) is 0. The fourth-order valence-corrected chi connectivity index (χ4v) is 3.33. The molecule has 0 N–H and O–H groups in total. The summed E-state index contributed by atoms with van der Waals surface area (Å²) in [6, 6.07) is 7.86. The molecule has 0 fully saturated rings. The van der Waals surface area contributed by atoms with E-state index in [9.17, 15) is 0 Å². The maximum Gasteiger partial charge on any atom is 0.171 e. The van der Waals surface area contributed by atoms with Crippen molar-refractivity contribution in [2.75, 3.05) is 0 Å². The van der Waals surface area contributed by atoms with E-state index in [-0.39, 0.29) is 0 Å². The molecule has 3 aromatic rings. The van der Waals surface area contributed by atoms with Crippen LogP contribution in [0.3, 0.4) is 0 Å². The quantitative estimate of drug-likeness (QED) is 0.578. The molecule has 0 amide bonds. The van der Waals surface area contributed by atoms with Crippen molar-refractivity contribution in [1.29, 1.82) is 0 Å². The number of thiophene rings is 1. The van der Waals surface area contributed by atoms with Crippen LogP contribution in [0.5, 0.6) is 0 Å². The SMILES string of the molecule is Cc1ccsc1-c1nc(Cl)c2cccc(Br)c2n1. The van der Waals surface area contributed by atoms with E-state index in [1.807, 2.05) is 30.5 Å². The highest BCUT2D eigenvalue weighted by Crippen LogP contribution is 2.32. The zero-order chi connectivity index (χ0) is 12.7. The van der Waals surface area contributed by atoms with Crippen molar-refractivity contribution < 1.29 is 0 Å². The summed E-state index contributed by atoms with van der Waals surface area (Å²) in [5.74, 6) is 0.687. The first-order valence-corrected chi connectivity index (χ1v) is 7.38. The topological polar surface area (TPSA) is 25.8 Å². The Hall–Kier alpha value is -0.970. The Morgan fingerprint density at radius 2 is 2.06 bits per heavy atom. The van der Waals surface area contributed by atoms with E-state index in [4.69, 9.17) is 11.6 Å². The number of rotatable bonds is 1. The predicted octanol–water partition coefficient (Wildman–Crippen LogP) is 5.08. The number of halogens is 2. The summed E-state index contributed by atoms with van der Waals surface area (Å²) in [4.78, 5) is 10.1. The summed E-state index contributed by atoms with van der Waals surface area (Å²) < 4.78 is 0.930. The zero-order valence-electron chi connectivity index (χ0n) is 9.45. The molecule has 2 aromatic heterocycles. The number of fused-ring (bicyclic) bond motifs is 1. The Balaban J connectivity index is 2.34. The first-order valence-electron chi connectivity index (χ1n) is 5.33. The van der Waals surface area contributed by atoms with Crippen LogP contribution in [0.1, 0.15) is 5.56 Å². The van der Waals surface area contributed by atoms with Crippen LogP contribution in [0, 0.1) is 6.92 Å². The molecule has 3 rings (SSSR count). The molecule has 2 heterocycles. The lowest BCUT2D eigenvalue weighted by Crippen LogP contribution is -1.92. The third-order valence-corrected chi connectivity index (χ3v) is 4.64. The molecule has 0 spiro atoms. The number of aromatic nitrogens is 2. The number of para-hydroxylation sites is 1. The second kappa shape index (κ2) is 4.61. The van der Waals surface area contributed by atoms with Crippen molar-refractivity contribution in [3.63, 3.8) is 0 Å². The van der Waals surface area contributed by atoms with Gasteiger partial charge < -0.3 is 0 Å². The Morgan fingerprint density at radius 1 is 1.22 bits per heavy atom. The van der Waals surface area contributed by atoms with Gasteiger partial charge in [0.1, 0.15) is 5.15 Å². The van der Waals surface area contributed by atoms with Gasteiger partial charge in [0.15, 0.2) is 5.82 Å². The average molecular weight is 340 g/mol. The summed E-state index contributed by atoms with van der Waals surface area (Å²) in [6.45, 7) is 2.05. The Morgan fingerprint density at radius 3 is 2.78 bits per heavy atom. The third-order valence-electron chi connectivity index (χ3n) is 2.70. The van der Waals surface area contributed by atoms with Crippen LogP contribution in [-0.4, -0.2) is 9.97 Å². The van der Waals surface area contributed by atoms with Crippen LogP contribution in [0.15, 0.2) is 34.1 Å². The molecule has 2 nitrogen and oxygen atoms in total. The molecule has 0 saturated carbocycles. The zero-order valence-corrected chi connectivity index (χ0v) is 12.6. The lowest BCUT2D eigenvalue weighted by atomic mass is 10.2. The number of benzene rings is 1. The normalized spacial score (nSPS) is 11.1. The predicted molar refractivity (Wildman–Crippen MR) is 80.3 cm³/mol. The first kappa shape index (κ1) is 12.1. The van der Waals surface area contributed by atoms with Crippen LogP contribution in [0.25, 0.3) is 21.6 Å². The minimum absolute atomic E-state index is 0.490. The standard InChI is InChI=1S/C13H8BrClN2S/c1-7-5-6-18-11(7)13-16-10-8(12(15)17-13)3-2-4-9(10)14/h2-6H,1H3. The minimum atomic E-state index is 0.490. The fourth-order valence-electron chi connectivity index (χ4n) is 1.78. The number of nitrogens with zero attached hydrogens (tertiary/aromatic N) is 2. The lowest BCUT2D eigenvalue weighted by Gasteiger charge is -2.05. The molecular weight excluding hydrogens is 332 g/mol. The molecule has 0 aliphatic carbocycles. The van der Waals surface area contributed by atoms with Gasteiger partial charge >= 0.3 is 0 Å². The molecule has 0 radical (unpaired) electrons. The second-order valence-corrected chi connectivity index (χ2v) is 6.04. The van der Waals surface area contributed by atoms with Gasteiger partial charge in [0.05, 0.1) is 10.4 Å². The van der Waals surface area contributed by atoms with Gasteiger partial charge in [-0.05, 0) is 52.0 Å². The van der Waals surface area contributed by atoms with Gasteiger partial charge in [-0.2, -0.15) is 0 Å². The molecule has 18 heavy (non-hydrogen) atoms. The molecule has 0 saturated heterocycles. The van der Waals surface area contributed by atoms with Crippen molar-refractivity contribution in [2.24, 2.45) is 0 Å². The summed E-state index contributed by atoms with van der Waals surface area (Å²) >= 11 is 11.4. The van der Waals surface area contributed by atoms with Gasteiger partial charge in [-0.15, -0.1) is 11.3 Å². The number of hydrogen-bond donors (Lipinski definition) is 0. The van der Waals surface area contributed by atoms with Gasteiger partial charge in [0, 0.05) is 9.86 Å². The van der Waals surface area contributed by atoms with Gasteiger partial charge in [0.2, 0.25) is 0 Å². The molecule has 0 aliphatic rings. The smallest absolute Gasteiger partial charge is 0.171 e. The van der Waals surface area contributed by atoms with Gasteiger partial charge in [-0.25, -0.2) is 9.97 Å². The molecule has 1 aromatic carbocycles. The van der Waals surface area contributed by atoms with E-state index in [1.54, 1.807) is 11.3 Å². The second-order valence-electron chi connectivity index (χ2n) is 3.91. The van der Waals surface area contributed by atoms with E-state index in [0.29, 0.717) is 11.0 Å². The highest BCUT2D eigenvalue weighted by molar-refractivity contribution is 9.10. The average Bonchev–Trinajstić information content (AvgIpc) is 2.77. The van der Waals surface area contributed by atoms with Crippen molar-refractivity contribution in [3.05, 3.63) is 44.8 Å². The van der Waals surface area contributed by atoms with E-state index < -0.39 is 0 Å². The summed E-state index contributed by atoms with van der Waals surface area (Å²) in [7, 11) is 0. The van der Waals surface area contributed by atoms with Crippen LogP contribution >= 0.6 is 38.9 Å². The van der Waals surface area contributed by atoms with E-state index in [0.717, 1.165) is 20.3 Å². The van der Waals surface area contributed by atoms with Crippen LogP contribution in [-0.2, 0) is 0 Å². The van der Waals surface area contributed by atoms with E-state index in [1.165, 1.54) is 5.56 Å². The van der Waals surface area contributed by atoms with Gasteiger partial charge in [-0.1, -0.05) is 17.7 Å². The fraction of sp³-hybridized carbons (Fsp3) is 0.0769. The largest absolute Gasteiger partial charge is 0.226 e. The van der Waals surface area contributed by atoms with Crippen LogP contribution in [0.4, 0.5) is 0 Å². The maximum atomic E-state index is 6.24. The molecule has 0 atom stereocenters. The van der Waals surface area contributed by atoms with Crippen LogP contribution < -0.4 is 0 Å². The molecular formula is C13H8BrClN2S. The highest BCUT2D eigenvalue weighted by Gasteiger charge is 2.12.